The molecule has 0 bridgehead atoms. The van der Waals surface area contributed by atoms with Gasteiger partial charge in [-0.05, 0) is 17.7 Å². The number of nitrogens with one attached hydrogen (secondary N) is 1. The highest BCUT2D eigenvalue weighted by molar-refractivity contribution is 5.95. The largest absolute Gasteiger partial charge is 0.395 e. The SMILES string of the molecule is N=C(N)c1ccnc(N(CCO)Cc2ccccc2)c1. The first-order chi connectivity index (χ1) is 9.70. The Labute approximate surface area is 118 Å². The number of aliphatic hydroxyl groups excluding tert-OH is 1. The van der Waals surface area contributed by atoms with Gasteiger partial charge >= 0.3 is 0 Å². The van der Waals surface area contributed by atoms with Gasteiger partial charge in [0.05, 0.1) is 6.61 Å². The summed E-state index contributed by atoms with van der Waals surface area (Å²) in [5.74, 6) is 0.716. The fourth-order valence-corrected chi connectivity index (χ4v) is 1.96. The van der Waals surface area contributed by atoms with Crippen LogP contribution in [0.4, 0.5) is 5.82 Å². The second kappa shape index (κ2) is 6.68. The Morgan fingerprint density at radius 3 is 2.65 bits per heavy atom. The molecule has 4 N–H and O–H groups in total. The Kier molecular flexibility index (Phi) is 4.68. The van der Waals surface area contributed by atoms with Crippen molar-refractivity contribution in [3.63, 3.8) is 0 Å². The molecule has 0 saturated heterocycles. The van der Waals surface area contributed by atoms with Gasteiger partial charge in [0.15, 0.2) is 0 Å². The second-order valence-electron chi connectivity index (χ2n) is 4.45. The van der Waals surface area contributed by atoms with E-state index in [4.69, 9.17) is 11.1 Å². The summed E-state index contributed by atoms with van der Waals surface area (Å²) in [6.45, 7) is 1.16. The van der Waals surface area contributed by atoms with E-state index in [2.05, 4.69) is 4.98 Å². The summed E-state index contributed by atoms with van der Waals surface area (Å²) in [6, 6.07) is 13.4. The number of nitrogens with two attached hydrogens (primary N) is 1. The maximum atomic E-state index is 9.22. The minimum Gasteiger partial charge on any atom is -0.395 e. The Morgan fingerprint density at radius 1 is 1.25 bits per heavy atom. The first-order valence-corrected chi connectivity index (χ1v) is 6.41. The lowest BCUT2D eigenvalue weighted by molar-refractivity contribution is 0.301. The highest BCUT2D eigenvalue weighted by Gasteiger charge is 2.09. The van der Waals surface area contributed by atoms with E-state index in [1.165, 1.54) is 0 Å². The molecular weight excluding hydrogens is 252 g/mol. The molecule has 0 radical (unpaired) electrons. The third kappa shape index (κ3) is 3.55. The predicted octanol–water partition coefficient (Wildman–Crippen LogP) is 1.36. The van der Waals surface area contributed by atoms with Crippen molar-refractivity contribution in [2.24, 2.45) is 5.73 Å². The molecule has 0 fully saturated rings. The lowest BCUT2D eigenvalue weighted by Crippen LogP contribution is -2.27. The van der Waals surface area contributed by atoms with E-state index in [9.17, 15) is 5.11 Å². The Hall–Kier alpha value is -2.40. The molecular formula is C15H18N4O. The van der Waals surface area contributed by atoms with E-state index in [0.717, 1.165) is 5.56 Å². The van der Waals surface area contributed by atoms with Crippen LogP contribution < -0.4 is 10.6 Å². The molecule has 0 aliphatic rings. The molecule has 2 rings (SSSR count). The van der Waals surface area contributed by atoms with Crippen LogP contribution in [0.2, 0.25) is 0 Å². The van der Waals surface area contributed by atoms with Gasteiger partial charge in [0.25, 0.3) is 0 Å². The number of hydrogen-bond donors (Lipinski definition) is 3. The Bertz CT molecular complexity index is 571. The van der Waals surface area contributed by atoms with Crippen LogP contribution in [0.1, 0.15) is 11.1 Å². The maximum Gasteiger partial charge on any atom is 0.129 e. The summed E-state index contributed by atoms with van der Waals surface area (Å²) in [5.41, 5.74) is 7.26. The summed E-state index contributed by atoms with van der Waals surface area (Å²) in [4.78, 5) is 6.26. The minimum absolute atomic E-state index is 0.0114. The van der Waals surface area contributed by atoms with Crippen LogP contribution in [0.5, 0.6) is 0 Å². The van der Waals surface area contributed by atoms with E-state index < -0.39 is 0 Å². The van der Waals surface area contributed by atoms with Crippen LogP contribution in [-0.4, -0.2) is 29.1 Å². The number of nitrogen functional groups attached to an aromatic ring is 1. The van der Waals surface area contributed by atoms with Crippen LogP contribution in [0.25, 0.3) is 0 Å². The average molecular weight is 270 g/mol. The minimum atomic E-state index is 0.0114. The van der Waals surface area contributed by atoms with Gasteiger partial charge < -0.3 is 15.7 Å². The summed E-state index contributed by atoms with van der Waals surface area (Å²) < 4.78 is 0. The smallest absolute Gasteiger partial charge is 0.129 e. The molecule has 2 aromatic rings. The standard InChI is InChI=1S/C15H18N4O/c16-15(17)13-6-7-18-14(10-13)19(8-9-20)11-12-4-2-1-3-5-12/h1-7,10,20H,8-9,11H2,(H3,16,17). The molecule has 1 heterocycles. The normalized spacial score (nSPS) is 10.2. The van der Waals surface area contributed by atoms with Crippen molar-refractivity contribution in [1.29, 1.82) is 5.41 Å². The molecule has 1 aromatic heterocycles. The van der Waals surface area contributed by atoms with Crippen LogP contribution >= 0.6 is 0 Å². The van der Waals surface area contributed by atoms with Crippen molar-refractivity contribution < 1.29 is 5.11 Å². The fraction of sp³-hybridized carbons (Fsp3) is 0.200. The predicted molar refractivity (Wildman–Crippen MR) is 79.8 cm³/mol. The number of rotatable bonds is 6. The molecule has 0 unspecified atom stereocenters. The second-order valence-corrected chi connectivity index (χ2v) is 4.45. The number of benzene rings is 1. The number of amidine groups is 1. The lowest BCUT2D eigenvalue weighted by Gasteiger charge is -2.23. The molecule has 5 nitrogen and oxygen atoms in total. The zero-order valence-corrected chi connectivity index (χ0v) is 11.2. The molecule has 20 heavy (non-hydrogen) atoms. The molecule has 5 heteroatoms. The van der Waals surface area contributed by atoms with E-state index in [0.29, 0.717) is 24.5 Å². The van der Waals surface area contributed by atoms with E-state index in [-0.39, 0.29) is 12.4 Å². The van der Waals surface area contributed by atoms with Crippen LogP contribution in [0.15, 0.2) is 48.7 Å². The van der Waals surface area contributed by atoms with Crippen molar-refractivity contribution in [3.05, 3.63) is 59.8 Å². The fourth-order valence-electron chi connectivity index (χ4n) is 1.96. The highest BCUT2D eigenvalue weighted by atomic mass is 16.3. The van der Waals surface area contributed by atoms with Crippen LogP contribution in [0, 0.1) is 5.41 Å². The van der Waals surface area contributed by atoms with Gasteiger partial charge in [0, 0.05) is 24.8 Å². The molecule has 1 aromatic carbocycles. The van der Waals surface area contributed by atoms with E-state index in [1.54, 1.807) is 18.3 Å². The van der Waals surface area contributed by atoms with Gasteiger partial charge in [-0.2, -0.15) is 0 Å². The van der Waals surface area contributed by atoms with Crippen molar-refractivity contribution in [1.82, 2.24) is 4.98 Å². The van der Waals surface area contributed by atoms with Gasteiger partial charge in [-0.25, -0.2) is 4.98 Å². The number of anilines is 1. The van der Waals surface area contributed by atoms with E-state index in [1.807, 2.05) is 35.2 Å². The number of nitrogens with zero attached hydrogens (tertiary/aromatic N) is 2. The summed E-state index contributed by atoms with van der Waals surface area (Å²) >= 11 is 0. The zero-order chi connectivity index (χ0) is 14.4. The molecule has 0 aliphatic carbocycles. The van der Waals surface area contributed by atoms with Gasteiger partial charge in [-0.3, -0.25) is 5.41 Å². The lowest BCUT2D eigenvalue weighted by atomic mass is 10.2. The van der Waals surface area contributed by atoms with Crippen molar-refractivity contribution >= 4 is 11.7 Å². The topological polar surface area (TPSA) is 86.2 Å². The van der Waals surface area contributed by atoms with E-state index >= 15 is 0 Å². The molecule has 0 saturated carbocycles. The Morgan fingerprint density at radius 2 is 2.00 bits per heavy atom. The number of aromatic nitrogens is 1. The first-order valence-electron chi connectivity index (χ1n) is 6.41. The first kappa shape index (κ1) is 14.0. The highest BCUT2D eigenvalue weighted by Crippen LogP contribution is 2.15. The van der Waals surface area contributed by atoms with Gasteiger partial charge in [0.2, 0.25) is 0 Å². The quantitative estimate of drug-likeness (QED) is 0.546. The molecule has 0 amide bonds. The van der Waals surface area contributed by atoms with Crippen molar-refractivity contribution in [2.45, 2.75) is 6.54 Å². The van der Waals surface area contributed by atoms with Gasteiger partial charge in [0.1, 0.15) is 11.7 Å². The summed E-state index contributed by atoms with van der Waals surface area (Å²) in [6.07, 6.45) is 1.63. The summed E-state index contributed by atoms with van der Waals surface area (Å²) in [5, 5.41) is 16.7. The number of hydrogen-bond acceptors (Lipinski definition) is 4. The monoisotopic (exact) mass is 270 g/mol. The van der Waals surface area contributed by atoms with Crippen molar-refractivity contribution in [3.8, 4) is 0 Å². The van der Waals surface area contributed by atoms with Crippen molar-refractivity contribution in [2.75, 3.05) is 18.1 Å². The third-order valence-electron chi connectivity index (χ3n) is 2.97. The summed E-state index contributed by atoms with van der Waals surface area (Å²) in [7, 11) is 0. The number of aliphatic hydroxyl groups is 1. The maximum absolute atomic E-state index is 9.22. The molecule has 104 valence electrons. The van der Waals surface area contributed by atoms with Gasteiger partial charge in [-0.15, -0.1) is 0 Å². The van der Waals surface area contributed by atoms with Gasteiger partial charge in [-0.1, -0.05) is 30.3 Å². The molecule has 0 aliphatic heterocycles. The third-order valence-corrected chi connectivity index (χ3v) is 2.97. The van der Waals surface area contributed by atoms with Crippen LogP contribution in [0.3, 0.4) is 0 Å². The molecule has 0 atom stereocenters. The Balaban J connectivity index is 2.24. The van der Waals surface area contributed by atoms with Crippen LogP contribution in [-0.2, 0) is 6.54 Å². The average Bonchev–Trinajstić information content (AvgIpc) is 2.48. The number of pyridine rings is 1. The zero-order valence-electron chi connectivity index (χ0n) is 11.2. The molecule has 0 spiro atoms.